The first-order valence-electron chi connectivity index (χ1n) is 7.02. The van der Waals surface area contributed by atoms with E-state index in [1.54, 1.807) is 17.5 Å². The van der Waals surface area contributed by atoms with Gasteiger partial charge in [-0.2, -0.15) is 0 Å². The van der Waals surface area contributed by atoms with E-state index in [0.29, 0.717) is 0 Å². The highest BCUT2D eigenvalue weighted by Gasteiger charge is 2.06. The third-order valence-electron chi connectivity index (χ3n) is 3.39. The van der Waals surface area contributed by atoms with E-state index < -0.39 is 0 Å². The summed E-state index contributed by atoms with van der Waals surface area (Å²) in [6.45, 7) is 0.736. The van der Waals surface area contributed by atoms with Crippen LogP contribution in [0.25, 0.3) is 22.6 Å². The number of anilines is 1. The average Bonchev–Trinajstić information content (AvgIpc) is 3.22. The average molecular weight is 386 g/mol. The molecule has 0 bridgehead atoms. The maximum Gasteiger partial charge on any atom is 0.157 e. The van der Waals surface area contributed by atoms with Gasteiger partial charge in [0.2, 0.25) is 0 Å². The summed E-state index contributed by atoms with van der Waals surface area (Å²) in [5.41, 5.74) is 3.72. The zero-order valence-electron chi connectivity index (χ0n) is 12.0. The molecule has 1 aromatic carbocycles. The highest BCUT2D eigenvalue weighted by molar-refractivity contribution is 9.10. The lowest BCUT2D eigenvalue weighted by molar-refractivity contribution is 1.10. The first kappa shape index (κ1) is 14.3. The summed E-state index contributed by atoms with van der Waals surface area (Å²) in [5, 5.41) is 6.41. The highest BCUT2D eigenvalue weighted by Crippen LogP contribution is 2.23. The van der Waals surface area contributed by atoms with Crippen molar-refractivity contribution < 1.29 is 0 Å². The minimum absolute atomic E-state index is 0.736. The van der Waals surface area contributed by atoms with Crippen LogP contribution in [0, 0.1) is 0 Å². The number of nitrogens with one attached hydrogen (secondary N) is 2. The van der Waals surface area contributed by atoms with Crippen LogP contribution in [0.4, 0.5) is 5.69 Å². The van der Waals surface area contributed by atoms with E-state index in [1.807, 2.05) is 41.9 Å². The van der Waals surface area contributed by atoms with Gasteiger partial charge in [0.25, 0.3) is 0 Å². The van der Waals surface area contributed by atoms with Gasteiger partial charge in [-0.15, -0.1) is 11.3 Å². The van der Waals surface area contributed by atoms with Crippen LogP contribution in [0.3, 0.4) is 0 Å². The van der Waals surface area contributed by atoms with E-state index >= 15 is 0 Å². The predicted octanol–water partition coefficient (Wildman–Crippen LogP) is 4.46. The molecule has 4 rings (SSSR count). The summed E-state index contributed by atoms with van der Waals surface area (Å²) in [6, 6.07) is 10.1. The number of imidazole rings is 1. The Morgan fingerprint density at radius 1 is 1.17 bits per heavy atom. The van der Waals surface area contributed by atoms with E-state index in [-0.39, 0.29) is 0 Å². The van der Waals surface area contributed by atoms with Crippen molar-refractivity contribution in [3.05, 3.63) is 57.6 Å². The molecule has 5 nitrogen and oxygen atoms in total. The van der Waals surface area contributed by atoms with Crippen molar-refractivity contribution in [2.45, 2.75) is 6.54 Å². The molecule has 23 heavy (non-hydrogen) atoms. The van der Waals surface area contributed by atoms with Crippen molar-refractivity contribution >= 4 is 44.1 Å². The number of aromatic nitrogens is 4. The Balaban J connectivity index is 1.54. The molecule has 0 aliphatic carbocycles. The lowest BCUT2D eigenvalue weighted by Gasteiger charge is -2.04. The Morgan fingerprint density at radius 3 is 2.83 bits per heavy atom. The minimum Gasteiger partial charge on any atom is -0.379 e. The van der Waals surface area contributed by atoms with Gasteiger partial charge in [-0.25, -0.2) is 15.0 Å². The van der Waals surface area contributed by atoms with E-state index in [1.165, 1.54) is 0 Å². The molecule has 0 atom stereocenters. The highest BCUT2D eigenvalue weighted by atomic mass is 79.9. The molecule has 0 amide bonds. The molecule has 0 unspecified atom stereocenters. The normalized spacial score (nSPS) is 11.0. The third kappa shape index (κ3) is 3.11. The zero-order valence-corrected chi connectivity index (χ0v) is 14.4. The van der Waals surface area contributed by atoms with Crippen LogP contribution in [0.15, 0.2) is 52.6 Å². The van der Waals surface area contributed by atoms with Gasteiger partial charge in [-0.1, -0.05) is 0 Å². The van der Waals surface area contributed by atoms with E-state index in [0.717, 1.165) is 44.3 Å². The number of aromatic amines is 1. The number of hydrogen-bond acceptors (Lipinski definition) is 5. The largest absolute Gasteiger partial charge is 0.379 e. The van der Waals surface area contributed by atoms with Crippen molar-refractivity contribution in [2.75, 3.05) is 5.32 Å². The van der Waals surface area contributed by atoms with Gasteiger partial charge in [0, 0.05) is 33.5 Å². The van der Waals surface area contributed by atoms with Crippen LogP contribution >= 0.6 is 27.3 Å². The summed E-state index contributed by atoms with van der Waals surface area (Å²) in [7, 11) is 0. The fourth-order valence-electron chi connectivity index (χ4n) is 2.27. The molecule has 2 N–H and O–H groups in total. The first-order chi connectivity index (χ1) is 11.3. The number of hydrogen-bond donors (Lipinski definition) is 2. The molecule has 0 saturated carbocycles. The van der Waals surface area contributed by atoms with E-state index in [2.05, 4.69) is 41.2 Å². The molecule has 4 aromatic rings. The molecule has 7 heteroatoms. The second-order valence-corrected chi connectivity index (χ2v) is 6.86. The number of pyridine rings is 1. The Morgan fingerprint density at radius 2 is 2.04 bits per heavy atom. The number of thiazole rings is 1. The number of benzene rings is 1. The van der Waals surface area contributed by atoms with Gasteiger partial charge >= 0.3 is 0 Å². The van der Waals surface area contributed by atoms with Gasteiger partial charge in [-0.05, 0) is 46.3 Å². The monoisotopic (exact) mass is 385 g/mol. The molecule has 3 heterocycles. The molecule has 0 spiro atoms. The summed E-state index contributed by atoms with van der Waals surface area (Å²) < 4.78 is 0.921. The van der Waals surface area contributed by atoms with Crippen molar-refractivity contribution in [3.8, 4) is 11.4 Å². The summed E-state index contributed by atoms with van der Waals surface area (Å²) >= 11 is 5.06. The third-order valence-corrected chi connectivity index (χ3v) is 4.60. The molecule has 0 radical (unpaired) electrons. The maximum atomic E-state index is 4.58. The molecular formula is C16H12BrN5S. The quantitative estimate of drug-likeness (QED) is 0.544. The Bertz CT molecular complexity index is 931. The number of halogens is 1. The van der Waals surface area contributed by atoms with Crippen molar-refractivity contribution in [2.24, 2.45) is 0 Å². The number of fused-ring (bicyclic) bond motifs is 1. The fraction of sp³-hybridized carbons (Fsp3) is 0.0625. The van der Waals surface area contributed by atoms with E-state index in [9.17, 15) is 0 Å². The second-order valence-electron chi connectivity index (χ2n) is 4.96. The van der Waals surface area contributed by atoms with Crippen LogP contribution in [-0.4, -0.2) is 19.9 Å². The van der Waals surface area contributed by atoms with Gasteiger partial charge < -0.3 is 10.3 Å². The Kier molecular flexibility index (Phi) is 3.80. The maximum absolute atomic E-state index is 4.58. The number of rotatable bonds is 4. The number of H-pyrrole nitrogens is 1. The lowest BCUT2D eigenvalue weighted by atomic mass is 10.2. The Hall–Kier alpha value is -2.25. The molecule has 0 aliphatic heterocycles. The SMILES string of the molecule is Brc1cnc2[nH]c(-c3ccc(NCc4nccs4)cc3)nc2c1. The van der Waals surface area contributed by atoms with E-state index in [4.69, 9.17) is 0 Å². The van der Waals surface area contributed by atoms with Gasteiger partial charge in [-0.3, -0.25) is 0 Å². The van der Waals surface area contributed by atoms with Crippen LogP contribution in [0.1, 0.15) is 5.01 Å². The van der Waals surface area contributed by atoms with Crippen molar-refractivity contribution in [3.63, 3.8) is 0 Å². The minimum atomic E-state index is 0.736. The lowest BCUT2D eigenvalue weighted by Crippen LogP contribution is -1.98. The van der Waals surface area contributed by atoms with Crippen LogP contribution < -0.4 is 5.32 Å². The van der Waals surface area contributed by atoms with Crippen molar-refractivity contribution in [1.82, 2.24) is 19.9 Å². The first-order valence-corrected chi connectivity index (χ1v) is 8.69. The van der Waals surface area contributed by atoms with Crippen LogP contribution in [-0.2, 0) is 6.54 Å². The molecule has 0 fully saturated rings. The Labute approximate surface area is 145 Å². The smallest absolute Gasteiger partial charge is 0.157 e. The van der Waals surface area contributed by atoms with Crippen molar-refractivity contribution in [1.29, 1.82) is 0 Å². The second kappa shape index (κ2) is 6.10. The summed E-state index contributed by atoms with van der Waals surface area (Å²) in [6.07, 6.45) is 3.58. The zero-order chi connectivity index (χ0) is 15.6. The molecule has 0 aliphatic rings. The van der Waals surface area contributed by atoms with Crippen LogP contribution in [0.5, 0.6) is 0 Å². The fourth-order valence-corrected chi connectivity index (χ4v) is 3.15. The van der Waals surface area contributed by atoms with Gasteiger partial charge in [0.1, 0.15) is 16.3 Å². The summed E-state index contributed by atoms with van der Waals surface area (Å²) in [5.74, 6) is 0.817. The molecule has 114 valence electrons. The standard InChI is InChI=1S/C16H12BrN5S/c17-11-7-13-16(20-8-11)22-15(21-13)10-1-3-12(4-2-10)19-9-14-18-5-6-23-14/h1-8,19H,9H2,(H,20,21,22). The van der Waals surface area contributed by atoms with Gasteiger partial charge in [0.15, 0.2) is 5.65 Å². The number of nitrogens with zero attached hydrogens (tertiary/aromatic N) is 3. The topological polar surface area (TPSA) is 66.5 Å². The van der Waals surface area contributed by atoms with Gasteiger partial charge in [0.05, 0.1) is 6.54 Å². The molecular weight excluding hydrogens is 374 g/mol. The van der Waals surface area contributed by atoms with Crippen LogP contribution in [0.2, 0.25) is 0 Å². The predicted molar refractivity (Wildman–Crippen MR) is 96.5 cm³/mol. The molecule has 0 saturated heterocycles. The molecule has 3 aromatic heterocycles. The summed E-state index contributed by atoms with van der Waals surface area (Å²) in [4.78, 5) is 16.4.